The van der Waals surface area contributed by atoms with Crippen LogP contribution in [0.3, 0.4) is 0 Å². The van der Waals surface area contributed by atoms with Crippen LogP contribution in [0, 0.1) is 0 Å². The van der Waals surface area contributed by atoms with Crippen molar-refractivity contribution in [2.24, 2.45) is 0 Å². The monoisotopic (exact) mass is 627 g/mol. The Bertz CT molecular complexity index is 1440. The number of rotatable bonds is 11. The van der Waals surface area contributed by atoms with Crippen LogP contribution >= 0.6 is 0 Å². The molecule has 0 radical (unpaired) electrons. The molecule has 1 aliphatic heterocycles. The van der Waals surface area contributed by atoms with Gasteiger partial charge in [-0.15, -0.1) is 0 Å². The number of nitrogens with one attached hydrogen (secondary N) is 2. The second kappa shape index (κ2) is 12.5. The summed E-state index contributed by atoms with van der Waals surface area (Å²) in [7, 11) is -7.90. The highest BCUT2D eigenvalue weighted by molar-refractivity contribution is 7.92. The van der Waals surface area contributed by atoms with Gasteiger partial charge in [-0.3, -0.25) is 4.79 Å². The van der Waals surface area contributed by atoms with Crippen LogP contribution in [0.5, 0.6) is 0 Å². The van der Waals surface area contributed by atoms with Crippen LogP contribution in [0.25, 0.3) is 0 Å². The summed E-state index contributed by atoms with van der Waals surface area (Å²) in [4.78, 5) is 12.6. The first-order chi connectivity index (χ1) is 18.9. The Labute approximate surface area is 233 Å². The van der Waals surface area contributed by atoms with Gasteiger partial charge in [0.05, 0.1) is 16.4 Å². The van der Waals surface area contributed by atoms with E-state index in [1.807, 2.05) is 0 Å². The van der Waals surface area contributed by atoms with E-state index in [0.717, 1.165) is 28.6 Å². The molecule has 2 aromatic carbocycles. The summed E-state index contributed by atoms with van der Waals surface area (Å²) in [6.07, 6.45) is -8.70. The fourth-order valence-electron chi connectivity index (χ4n) is 4.35. The predicted octanol–water partition coefficient (Wildman–Crippen LogP) is 3.93. The smallest absolute Gasteiger partial charge is 0.346 e. The van der Waals surface area contributed by atoms with Crippen LogP contribution in [0.4, 0.5) is 26.3 Å². The SMILES string of the molecule is C=CS(=O)(=O)NC[C@H]1CCCN1S(=O)(=O)c1ccc(C(Cc2ccc(C(F)(F)F)cc2)C(=O)NCC(F)(F)F)cc1. The lowest BCUT2D eigenvalue weighted by Crippen LogP contribution is -2.42. The van der Waals surface area contributed by atoms with Gasteiger partial charge >= 0.3 is 12.4 Å². The zero-order valence-corrected chi connectivity index (χ0v) is 23.0. The molecule has 0 bridgehead atoms. The quantitative estimate of drug-likeness (QED) is 0.367. The molecule has 2 N–H and O–H groups in total. The van der Waals surface area contributed by atoms with E-state index in [2.05, 4.69) is 11.3 Å². The summed E-state index contributed by atoms with van der Waals surface area (Å²) in [5, 5.41) is 2.47. The van der Waals surface area contributed by atoms with E-state index >= 15 is 0 Å². The van der Waals surface area contributed by atoms with Crippen molar-refractivity contribution in [1.82, 2.24) is 14.3 Å². The lowest BCUT2D eigenvalue weighted by Gasteiger charge is -2.24. The molecule has 0 saturated carbocycles. The molecule has 16 heteroatoms. The van der Waals surface area contributed by atoms with E-state index in [1.165, 1.54) is 24.3 Å². The number of nitrogens with zero attached hydrogens (tertiary/aromatic N) is 1. The Hall–Kier alpha value is -2.95. The van der Waals surface area contributed by atoms with Crippen molar-refractivity contribution in [2.75, 3.05) is 19.6 Å². The van der Waals surface area contributed by atoms with Crippen molar-refractivity contribution in [3.63, 3.8) is 0 Å². The number of carbonyl (C=O) groups excluding carboxylic acids is 1. The van der Waals surface area contributed by atoms with Gasteiger partial charge in [-0.25, -0.2) is 21.6 Å². The molecular weight excluding hydrogens is 600 g/mol. The van der Waals surface area contributed by atoms with Crippen LogP contribution in [0.15, 0.2) is 65.4 Å². The molecule has 1 fully saturated rings. The molecule has 1 heterocycles. The maximum atomic E-state index is 13.3. The number of sulfonamides is 2. The Morgan fingerprint density at radius 1 is 1.00 bits per heavy atom. The van der Waals surface area contributed by atoms with Crippen LogP contribution < -0.4 is 10.0 Å². The Morgan fingerprint density at radius 3 is 2.15 bits per heavy atom. The van der Waals surface area contributed by atoms with Crippen LogP contribution in [0.1, 0.15) is 35.4 Å². The number of halogens is 6. The highest BCUT2D eigenvalue weighted by atomic mass is 32.2. The number of alkyl halides is 6. The molecule has 0 aliphatic carbocycles. The Kier molecular flexibility index (Phi) is 9.93. The fourth-order valence-corrected chi connectivity index (χ4v) is 6.58. The third kappa shape index (κ3) is 8.77. The number of hydrogen-bond donors (Lipinski definition) is 2. The summed E-state index contributed by atoms with van der Waals surface area (Å²) >= 11 is 0. The summed E-state index contributed by atoms with van der Waals surface area (Å²) in [6.45, 7) is 1.49. The minimum atomic E-state index is -4.71. The van der Waals surface area contributed by atoms with E-state index in [1.54, 1.807) is 5.32 Å². The van der Waals surface area contributed by atoms with Crippen LogP contribution in [-0.4, -0.2) is 58.9 Å². The molecule has 3 rings (SSSR count). The third-order valence-corrected chi connectivity index (χ3v) is 9.43. The molecule has 2 atom stereocenters. The van der Waals surface area contributed by atoms with E-state index in [0.29, 0.717) is 18.2 Å². The minimum absolute atomic E-state index is 0.126. The number of hydrogen-bond acceptors (Lipinski definition) is 5. The summed E-state index contributed by atoms with van der Waals surface area (Å²) in [6, 6.07) is 7.97. The highest BCUT2D eigenvalue weighted by Crippen LogP contribution is 2.31. The zero-order chi connectivity index (χ0) is 30.6. The first-order valence-electron chi connectivity index (χ1n) is 12.2. The lowest BCUT2D eigenvalue weighted by molar-refractivity contribution is -0.139. The average molecular weight is 628 g/mol. The molecule has 1 unspecified atom stereocenters. The van der Waals surface area contributed by atoms with Crippen LogP contribution in [0.2, 0.25) is 0 Å². The molecule has 0 aromatic heterocycles. The van der Waals surface area contributed by atoms with E-state index in [-0.39, 0.29) is 35.5 Å². The maximum Gasteiger partial charge on any atom is 0.416 e. The van der Waals surface area contributed by atoms with Gasteiger partial charge in [-0.1, -0.05) is 30.8 Å². The average Bonchev–Trinajstić information content (AvgIpc) is 3.39. The van der Waals surface area contributed by atoms with Crippen molar-refractivity contribution in [3.05, 3.63) is 77.2 Å². The summed E-state index contributed by atoms with van der Waals surface area (Å²) in [5.41, 5.74) is -0.560. The van der Waals surface area contributed by atoms with Crippen molar-refractivity contribution >= 4 is 26.0 Å². The topological polar surface area (TPSA) is 113 Å². The standard InChI is InChI=1S/C25H27F6N3O5S2/c1-2-40(36,37)33-15-20-4-3-13-34(20)41(38,39)21-11-7-18(8-12-21)22(23(35)32-16-24(26,27)28)14-17-5-9-19(10-6-17)25(29,30)31/h2,5-12,20,22,33H,1,3-4,13-16H2,(H,32,35)/t20-,22?/m1/s1. The van der Waals surface area contributed by atoms with E-state index in [4.69, 9.17) is 0 Å². The van der Waals surface area contributed by atoms with Gasteiger partial charge < -0.3 is 5.32 Å². The first-order valence-corrected chi connectivity index (χ1v) is 15.2. The molecule has 1 saturated heterocycles. The van der Waals surface area contributed by atoms with Crippen molar-refractivity contribution in [3.8, 4) is 0 Å². The van der Waals surface area contributed by atoms with E-state index in [9.17, 15) is 48.0 Å². The highest BCUT2D eigenvalue weighted by Gasteiger charge is 2.36. The summed E-state index contributed by atoms with van der Waals surface area (Å²) < 4.78 is 130. The van der Waals surface area contributed by atoms with Crippen molar-refractivity contribution < 1.29 is 48.0 Å². The molecule has 226 valence electrons. The molecule has 0 spiro atoms. The number of carbonyl (C=O) groups is 1. The second-order valence-electron chi connectivity index (χ2n) is 9.33. The van der Waals surface area contributed by atoms with Crippen LogP contribution in [-0.2, 0) is 37.4 Å². The van der Waals surface area contributed by atoms with Gasteiger partial charge in [0.2, 0.25) is 26.0 Å². The van der Waals surface area contributed by atoms with Gasteiger partial charge in [0.25, 0.3) is 0 Å². The largest absolute Gasteiger partial charge is 0.416 e. The molecule has 41 heavy (non-hydrogen) atoms. The molecule has 2 aromatic rings. The third-order valence-electron chi connectivity index (χ3n) is 6.45. The molecule has 8 nitrogen and oxygen atoms in total. The minimum Gasteiger partial charge on any atom is -0.346 e. The Morgan fingerprint density at radius 2 is 1.61 bits per heavy atom. The van der Waals surface area contributed by atoms with Gasteiger partial charge in [-0.2, -0.15) is 30.6 Å². The van der Waals surface area contributed by atoms with Gasteiger partial charge in [0, 0.05) is 24.5 Å². The van der Waals surface area contributed by atoms with Gasteiger partial charge in [0.1, 0.15) is 6.54 Å². The Balaban J connectivity index is 1.85. The predicted molar refractivity (Wildman–Crippen MR) is 137 cm³/mol. The number of benzene rings is 2. The lowest BCUT2D eigenvalue weighted by atomic mass is 9.91. The van der Waals surface area contributed by atoms with Gasteiger partial charge in [-0.05, 0) is 54.7 Å². The molecule has 1 amide bonds. The molecule has 1 aliphatic rings. The molecular formula is C25H27F6N3O5S2. The summed E-state index contributed by atoms with van der Waals surface area (Å²) in [5.74, 6) is -2.33. The second-order valence-corrected chi connectivity index (χ2v) is 12.9. The van der Waals surface area contributed by atoms with E-state index < -0.39 is 62.4 Å². The maximum absolute atomic E-state index is 13.3. The number of amides is 1. The van der Waals surface area contributed by atoms with Crippen molar-refractivity contribution in [2.45, 2.75) is 48.5 Å². The van der Waals surface area contributed by atoms with Gasteiger partial charge in [0.15, 0.2) is 0 Å². The fraction of sp³-hybridized carbons (Fsp3) is 0.400. The first kappa shape index (κ1) is 32.6. The zero-order valence-electron chi connectivity index (χ0n) is 21.4. The normalized spacial score (nSPS) is 17.8. The van der Waals surface area contributed by atoms with Crippen molar-refractivity contribution in [1.29, 1.82) is 0 Å².